The van der Waals surface area contributed by atoms with Gasteiger partial charge in [0.1, 0.15) is 5.75 Å². The number of ether oxygens (including phenoxy) is 1. The molecule has 3 heteroatoms. The minimum atomic E-state index is -0.00171. The first-order valence-corrected chi connectivity index (χ1v) is 5.32. The van der Waals surface area contributed by atoms with Crippen LogP contribution in [0.3, 0.4) is 0 Å². The van der Waals surface area contributed by atoms with E-state index in [1.54, 1.807) is 49.7 Å². The first-order chi connectivity index (χ1) is 8.20. The van der Waals surface area contributed by atoms with Gasteiger partial charge in [-0.15, -0.1) is 0 Å². The van der Waals surface area contributed by atoms with Crippen LogP contribution in [0, 0.1) is 6.92 Å². The van der Waals surface area contributed by atoms with Crippen LogP contribution >= 0.6 is 0 Å². The van der Waals surface area contributed by atoms with Gasteiger partial charge in [0.25, 0.3) is 0 Å². The van der Waals surface area contributed by atoms with Crippen molar-refractivity contribution in [3.8, 4) is 5.75 Å². The molecule has 1 aromatic heterocycles. The van der Waals surface area contributed by atoms with Gasteiger partial charge in [0.05, 0.1) is 7.11 Å². The molecule has 0 saturated carbocycles. The van der Waals surface area contributed by atoms with Crippen molar-refractivity contribution in [1.29, 1.82) is 0 Å². The quantitative estimate of drug-likeness (QED) is 0.757. The van der Waals surface area contributed by atoms with Crippen LogP contribution < -0.4 is 4.74 Å². The van der Waals surface area contributed by atoms with E-state index in [0.29, 0.717) is 11.1 Å². The van der Waals surface area contributed by atoms with Crippen LogP contribution in [0.5, 0.6) is 5.75 Å². The Morgan fingerprint density at radius 1 is 1.12 bits per heavy atom. The van der Waals surface area contributed by atoms with Gasteiger partial charge in [0.15, 0.2) is 5.78 Å². The average molecular weight is 227 g/mol. The number of pyridine rings is 1. The number of hydrogen-bond donors (Lipinski definition) is 0. The maximum absolute atomic E-state index is 12.1. The fourth-order valence-corrected chi connectivity index (χ4v) is 1.60. The summed E-state index contributed by atoms with van der Waals surface area (Å²) in [6, 6.07) is 10.6. The van der Waals surface area contributed by atoms with Gasteiger partial charge in [-0.2, -0.15) is 0 Å². The summed E-state index contributed by atoms with van der Waals surface area (Å²) in [7, 11) is 1.60. The summed E-state index contributed by atoms with van der Waals surface area (Å²) >= 11 is 0. The number of benzene rings is 1. The summed E-state index contributed by atoms with van der Waals surface area (Å²) in [6.45, 7) is 1.87. The second kappa shape index (κ2) is 4.78. The normalized spacial score (nSPS) is 10.0. The molecule has 3 nitrogen and oxygen atoms in total. The van der Waals surface area contributed by atoms with E-state index in [2.05, 4.69) is 4.98 Å². The number of nitrogens with zero attached hydrogens (tertiary/aromatic N) is 1. The Morgan fingerprint density at radius 3 is 2.41 bits per heavy atom. The molecule has 0 N–H and O–H groups in total. The molecule has 0 amide bonds. The van der Waals surface area contributed by atoms with Gasteiger partial charge in [0, 0.05) is 23.0 Å². The van der Waals surface area contributed by atoms with Gasteiger partial charge >= 0.3 is 0 Å². The molecule has 0 fully saturated rings. The van der Waals surface area contributed by atoms with E-state index in [0.717, 1.165) is 11.4 Å². The lowest BCUT2D eigenvalue weighted by Crippen LogP contribution is -2.02. The molecule has 0 unspecified atom stereocenters. The monoisotopic (exact) mass is 227 g/mol. The van der Waals surface area contributed by atoms with Crippen LogP contribution in [-0.2, 0) is 0 Å². The van der Waals surface area contributed by atoms with Gasteiger partial charge < -0.3 is 4.74 Å². The Bertz CT molecular complexity index is 532. The van der Waals surface area contributed by atoms with Gasteiger partial charge in [-0.05, 0) is 43.3 Å². The summed E-state index contributed by atoms with van der Waals surface area (Å²) < 4.78 is 5.05. The highest BCUT2D eigenvalue weighted by atomic mass is 16.5. The second-order valence-electron chi connectivity index (χ2n) is 3.74. The number of ketones is 1. The maximum atomic E-state index is 12.1. The minimum absolute atomic E-state index is 0.00171. The zero-order chi connectivity index (χ0) is 12.3. The number of aromatic nitrogens is 1. The summed E-state index contributed by atoms with van der Waals surface area (Å²) in [4.78, 5) is 16.2. The SMILES string of the molecule is COc1ccc(C(=O)c2ccnc(C)c2)cc1. The topological polar surface area (TPSA) is 39.2 Å². The molecule has 0 aliphatic rings. The molecule has 2 rings (SSSR count). The van der Waals surface area contributed by atoms with Crippen LogP contribution in [0.25, 0.3) is 0 Å². The molecule has 17 heavy (non-hydrogen) atoms. The number of hydrogen-bond acceptors (Lipinski definition) is 3. The third kappa shape index (κ3) is 2.50. The standard InChI is InChI=1S/C14H13NO2/c1-10-9-12(7-8-15-10)14(16)11-3-5-13(17-2)6-4-11/h3-9H,1-2H3. The Labute approximate surface area is 100 Å². The lowest BCUT2D eigenvalue weighted by Gasteiger charge is -2.03. The van der Waals surface area contributed by atoms with Crippen LogP contribution in [0.15, 0.2) is 42.6 Å². The molecule has 0 atom stereocenters. The number of carbonyl (C=O) groups is 1. The molecule has 0 saturated heterocycles. The van der Waals surface area contributed by atoms with E-state index in [-0.39, 0.29) is 5.78 Å². The van der Waals surface area contributed by atoms with Crippen LogP contribution in [-0.4, -0.2) is 17.9 Å². The number of methoxy groups -OCH3 is 1. The van der Waals surface area contributed by atoms with Crippen molar-refractivity contribution >= 4 is 5.78 Å². The fraction of sp³-hybridized carbons (Fsp3) is 0.143. The second-order valence-corrected chi connectivity index (χ2v) is 3.74. The lowest BCUT2D eigenvalue weighted by molar-refractivity contribution is 0.103. The third-order valence-electron chi connectivity index (χ3n) is 2.51. The Kier molecular flexibility index (Phi) is 3.19. The Morgan fingerprint density at radius 2 is 1.82 bits per heavy atom. The summed E-state index contributed by atoms with van der Waals surface area (Å²) in [6.07, 6.45) is 1.64. The molecule has 0 radical (unpaired) electrons. The summed E-state index contributed by atoms with van der Waals surface area (Å²) in [5, 5.41) is 0. The zero-order valence-electron chi connectivity index (χ0n) is 9.81. The highest BCUT2D eigenvalue weighted by Gasteiger charge is 2.09. The molecule has 0 aliphatic carbocycles. The van der Waals surface area contributed by atoms with Crippen molar-refractivity contribution in [3.63, 3.8) is 0 Å². The first kappa shape index (κ1) is 11.3. The van der Waals surface area contributed by atoms with Crippen LogP contribution in [0.1, 0.15) is 21.6 Å². The highest BCUT2D eigenvalue weighted by Crippen LogP contribution is 2.15. The van der Waals surface area contributed by atoms with Gasteiger partial charge in [0.2, 0.25) is 0 Å². The molecule has 86 valence electrons. The number of aryl methyl sites for hydroxylation is 1. The fourth-order valence-electron chi connectivity index (χ4n) is 1.60. The van der Waals surface area contributed by atoms with Crippen LogP contribution in [0.4, 0.5) is 0 Å². The van der Waals surface area contributed by atoms with E-state index in [9.17, 15) is 4.79 Å². The Hall–Kier alpha value is -2.16. The molecular formula is C14H13NO2. The lowest BCUT2D eigenvalue weighted by atomic mass is 10.0. The summed E-state index contributed by atoms with van der Waals surface area (Å²) in [5.74, 6) is 0.741. The molecule has 0 spiro atoms. The predicted molar refractivity (Wildman–Crippen MR) is 65.4 cm³/mol. The minimum Gasteiger partial charge on any atom is -0.497 e. The van der Waals surface area contributed by atoms with Gasteiger partial charge in [-0.1, -0.05) is 0 Å². The first-order valence-electron chi connectivity index (χ1n) is 5.32. The molecule has 1 aromatic carbocycles. The van der Waals surface area contributed by atoms with Crippen molar-refractivity contribution < 1.29 is 9.53 Å². The molecule has 1 heterocycles. The average Bonchev–Trinajstić information content (AvgIpc) is 2.38. The largest absolute Gasteiger partial charge is 0.497 e. The molecule has 0 bridgehead atoms. The van der Waals surface area contributed by atoms with E-state index < -0.39 is 0 Å². The maximum Gasteiger partial charge on any atom is 0.193 e. The van der Waals surface area contributed by atoms with Crippen molar-refractivity contribution in [2.45, 2.75) is 6.92 Å². The predicted octanol–water partition coefficient (Wildman–Crippen LogP) is 2.63. The third-order valence-corrected chi connectivity index (χ3v) is 2.51. The number of rotatable bonds is 3. The van der Waals surface area contributed by atoms with Crippen molar-refractivity contribution in [3.05, 3.63) is 59.4 Å². The summed E-state index contributed by atoms with van der Waals surface area (Å²) in [5.41, 5.74) is 2.14. The van der Waals surface area contributed by atoms with Gasteiger partial charge in [-0.25, -0.2) is 0 Å². The van der Waals surface area contributed by atoms with Crippen LogP contribution in [0.2, 0.25) is 0 Å². The highest BCUT2D eigenvalue weighted by molar-refractivity contribution is 6.09. The van der Waals surface area contributed by atoms with E-state index in [1.165, 1.54) is 0 Å². The van der Waals surface area contributed by atoms with Gasteiger partial charge in [-0.3, -0.25) is 9.78 Å². The molecule has 2 aromatic rings. The van der Waals surface area contributed by atoms with Crippen molar-refractivity contribution in [2.24, 2.45) is 0 Å². The van der Waals surface area contributed by atoms with Crippen molar-refractivity contribution in [2.75, 3.05) is 7.11 Å². The van der Waals surface area contributed by atoms with E-state index in [1.807, 2.05) is 6.92 Å². The zero-order valence-corrected chi connectivity index (χ0v) is 9.81. The molecular weight excluding hydrogens is 214 g/mol. The van der Waals surface area contributed by atoms with E-state index >= 15 is 0 Å². The smallest absolute Gasteiger partial charge is 0.193 e. The Balaban J connectivity index is 2.30. The van der Waals surface area contributed by atoms with Crippen molar-refractivity contribution in [1.82, 2.24) is 4.98 Å². The number of carbonyl (C=O) groups excluding carboxylic acids is 1. The van der Waals surface area contributed by atoms with E-state index in [4.69, 9.17) is 4.74 Å². The molecule has 0 aliphatic heterocycles.